The summed E-state index contributed by atoms with van der Waals surface area (Å²) >= 11 is 0. The van der Waals surface area contributed by atoms with Gasteiger partial charge in [0.1, 0.15) is 0 Å². The number of hydrogen-bond acceptors (Lipinski definition) is 3. The maximum Gasteiger partial charge on any atom is 0.407 e. The van der Waals surface area contributed by atoms with Gasteiger partial charge in [-0.1, -0.05) is 13.8 Å². The molecule has 2 aromatic rings. The highest BCUT2D eigenvalue weighted by molar-refractivity contribution is 5.99. The molecule has 0 bridgehead atoms. The molecule has 28 heavy (non-hydrogen) atoms. The number of aryl methyl sites for hydroxylation is 2. The number of alkyl carbamates (subject to hydrolysis) is 1. The SMILES string of the molecule is CCOC(=O)NC(CNC(=O)c1ccc2[nH]c3c(c2c1)CCCC3)CC(C)C. The van der Waals surface area contributed by atoms with Crippen LogP contribution < -0.4 is 10.6 Å². The lowest BCUT2D eigenvalue weighted by molar-refractivity contribution is 0.0944. The number of amides is 2. The van der Waals surface area contributed by atoms with Gasteiger partial charge in [0.2, 0.25) is 0 Å². The monoisotopic (exact) mass is 385 g/mol. The molecule has 3 rings (SSSR count). The molecule has 0 saturated carbocycles. The van der Waals surface area contributed by atoms with Gasteiger partial charge in [-0.3, -0.25) is 4.79 Å². The second-order valence-corrected chi connectivity index (χ2v) is 7.95. The third-order valence-corrected chi connectivity index (χ3v) is 5.22. The number of aromatic amines is 1. The first kappa shape index (κ1) is 20.2. The number of aromatic nitrogens is 1. The van der Waals surface area contributed by atoms with Gasteiger partial charge in [-0.25, -0.2) is 4.79 Å². The first-order valence-corrected chi connectivity index (χ1v) is 10.3. The van der Waals surface area contributed by atoms with E-state index in [-0.39, 0.29) is 11.9 Å². The fourth-order valence-corrected chi connectivity index (χ4v) is 3.97. The van der Waals surface area contributed by atoms with Crippen LogP contribution in [0, 0.1) is 5.92 Å². The molecule has 0 fully saturated rings. The Morgan fingerprint density at radius 2 is 2.00 bits per heavy atom. The summed E-state index contributed by atoms with van der Waals surface area (Å²) in [5, 5.41) is 6.97. The van der Waals surface area contributed by atoms with Crippen molar-refractivity contribution in [2.24, 2.45) is 5.92 Å². The number of H-pyrrole nitrogens is 1. The zero-order valence-electron chi connectivity index (χ0n) is 17.1. The van der Waals surface area contributed by atoms with E-state index in [0.717, 1.165) is 30.2 Å². The van der Waals surface area contributed by atoms with E-state index in [1.807, 2.05) is 18.2 Å². The highest BCUT2D eigenvalue weighted by Gasteiger charge is 2.19. The number of carbonyl (C=O) groups is 2. The van der Waals surface area contributed by atoms with Gasteiger partial charge in [0.05, 0.1) is 6.61 Å². The van der Waals surface area contributed by atoms with Gasteiger partial charge in [0.15, 0.2) is 0 Å². The van der Waals surface area contributed by atoms with E-state index in [1.54, 1.807) is 6.92 Å². The van der Waals surface area contributed by atoms with Gasteiger partial charge in [0.25, 0.3) is 5.91 Å². The number of hydrogen-bond donors (Lipinski definition) is 3. The molecule has 0 saturated heterocycles. The molecule has 1 heterocycles. The van der Waals surface area contributed by atoms with Crippen molar-refractivity contribution in [2.45, 2.75) is 58.9 Å². The van der Waals surface area contributed by atoms with E-state index in [0.29, 0.717) is 24.6 Å². The van der Waals surface area contributed by atoms with Crippen LogP contribution >= 0.6 is 0 Å². The number of benzene rings is 1. The van der Waals surface area contributed by atoms with E-state index in [1.165, 1.54) is 24.1 Å². The Hall–Kier alpha value is -2.50. The van der Waals surface area contributed by atoms with Crippen molar-refractivity contribution in [3.8, 4) is 0 Å². The van der Waals surface area contributed by atoms with E-state index < -0.39 is 6.09 Å². The number of nitrogens with one attached hydrogen (secondary N) is 3. The van der Waals surface area contributed by atoms with Crippen molar-refractivity contribution in [3.63, 3.8) is 0 Å². The molecule has 6 heteroatoms. The lowest BCUT2D eigenvalue weighted by Gasteiger charge is -2.20. The molecular weight excluding hydrogens is 354 g/mol. The van der Waals surface area contributed by atoms with E-state index >= 15 is 0 Å². The zero-order valence-corrected chi connectivity index (χ0v) is 17.1. The Labute approximate surface area is 166 Å². The molecule has 1 aliphatic carbocycles. The van der Waals surface area contributed by atoms with Gasteiger partial charge in [-0.05, 0) is 68.7 Å². The Kier molecular flexibility index (Phi) is 6.60. The van der Waals surface area contributed by atoms with Crippen LogP contribution in [-0.4, -0.2) is 36.2 Å². The molecule has 6 nitrogen and oxygen atoms in total. The molecule has 1 atom stereocenters. The normalized spacial score (nSPS) is 14.6. The van der Waals surface area contributed by atoms with Gasteiger partial charge in [0, 0.05) is 34.7 Å². The Balaban J connectivity index is 1.67. The Morgan fingerprint density at radius 3 is 2.75 bits per heavy atom. The second kappa shape index (κ2) is 9.13. The smallest absolute Gasteiger partial charge is 0.407 e. The molecule has 152 valence electrons. The quantitative estimate of drug-likeness (QED) is 0.675. The molecule has 1 aromatic carbocycles. The largest absolute Gasteiger partial charge is 0.450 e. The van der Waals surface area contributed by atoms with Crippen molar-refractivity contribution < 1.29 is 14.3 Å². The third-order valence-electron chi connectivity index (χ3n) is 5.22. The summed E-state index contributed by atoms with van der Waals surface area (Å²) in [5.74, 6) is 0.277. The molecule has 3 N–H and O–H groups in total. The second-order valence-electron chi connectivity index (χ2n) is 7.95. The Bertz CT molecular complexity index is 841. The van der Waals surface area contributed by atoms with Crippen molar-refractivity contribution >= 4 is 22.9 Å². The van der Waals surface area contributed by atoms with E-state index in [4.69, 9.17) is 4.74 Å². The zero-order chi connectivity index (χ0) is 20.1. The lowest BCUT2D eigenvalue weighted by Crippen LogP contribution is -2.44. The predicted molar refractivity (Wildman–Crippen MR) is 111 cm³/mol. The van der Waals surface area contributed by atoms with Crippen molar-refractivity contribution in [1.29, 1.82) is 0 Å². The maximum absolute atomic E-state index is 12.7. The van der Waals surface area contributed by atoms with Gasteiger partial charge in [-0.2, -0.15) is 0 Å². The van der Waals surface area contributed by atoms with Crippen molar-refractivity contribution in [2.75, 3.05) is 13.2 Å². The van der Waals surface area contributed by atoms with Crippen molar-refractivity contribution in [3.05, 3.63) is 35.0 Å². The van der Waals surface area contributed by atoms with Crippen LogP contribution in [0.5, 0.6) is 0 Å². The minimum Gasteiger partial charge on any atom is -0.450 e. The minimum absolute atomic E-state index is 0.118. The average Bonchev–Trinajstić information content (AvgIpc) is 3.03. The number of rotatable bonds is 7. The van der Waals surface area contributed by atoms with Crippen molar-refractivity contribution in [1.82, 2.24) is 15.6 Å². The van der Waals surface area contributed by atoms with Crippen LogP contribution in [0.4, 0.5) is 4.79 Å². The number of carbonyl (C=O) groups excluding carboxylic acids is 2. The summed E-state index contributed by atoms with van der Waals surface area (Å²) in [6.07, 6.45) is 4.90. The van der Waals surface area contributed by atoms with Gasteiger partial charge in [-0.15, -0.1) is 0 Å². The molecule has 1 aromatic heterocycles. The summed E-state index contributed by atoms with van der Waals surface area (Å²) in [7, 11) is 0. The number of ether oxygens (including phenoxy) is 1. The van der Waals surface area contributed by atoms with Gasteiger partial charge >= 0.3 is 6.09 Å². The number of fused-ring (bicyclic) bond motifs is 3. The fourth-order valence-electron chi connectivity index (χ4n) is 3.97. The first-order valence-electron chi connectivity index (χ1n) is 10.3. The summed E-state index contributed by atoms with van der Waals surface area (Å²) in [6, 6.07) is 5.68. The first-order chi connectivity index (χ1) is 13.5. The van der Waals surface area contributed by atoms with E-state index in [2.05, 4.69) is 29.5 Å². The van der Waals surface area contributed by atoms with E-state index in [9.17, 15) is 9.59 Å². The van der Waals surface area contributed by atoms with Crippen LogP contribution in [0.1, 0.15) is 61.6 Å². The summed E-state index contributed by atoms with van der Waals surface area (Å²) in [4.78, 5) is 28.0. The molecule has 0 aliphatic heterocycles. The summed E-state index contributed by atoms with van der Waals surface area (Å²) < 4.78 is 4.97. The highest BCUT2D eigenvalue weighted by atomic mass is 16.5. The van der Waals surface area contributed by atoms with Crippen LogP contribution in [0.2, 0.25) is 0 Å². The highest BCUT2D eigenvalue weighted by Crippen LogP contribution is 2.29. The fraction of sp³-hybridized carbons (Fsp3) is 0.545. The van der Waals surface area contributed by atoms with Gasteiger partial charge < -0.3 is 20.4 Å². The molecule has 1 unspecified atom stereocenters. The molecule has 1 aliphatic rings. The molecule has 2 amide bonds. The average molecular weight is 386 g/mol. The molecule has 0 spiro atoms. The summed E-state index contributed by atoms with van der Waals surface area (Å²) in [5.41, 5.74) is 4.43. The Morgan fingerprint density at radius 1 is 1.21 bits per heavy atom. The van der Waals surface area contributed by atoms with Crippen LogP contribution in [0.3, 0.4) is 0 Å². The van der Waals surface area contributed by atoms with Crippen LogP contribution in [0.25, 0.3) is 10.9 Å². The molecular formula is C22H31N3O3. The topological polar surface area (TPSA) is 83.2 Å². The predicted octanol–water partition coefficient (Wildman–Crippen LogP) is 3.94. The lowest BCUT2D eigenvalue weighted by atomic mass is 9.95. The molecule has 0 radical (unpaired) electrons. The summed E-state index contributed by atoms with van der Waals surface area (Å²) in [6.45, 7) is 6.65. The van der Waals surface area contributed by atoms with Crippen LogP contribution in [-0.2, 0) is 17.6 Å². The standard InChI is InChI=1S/C22H31N3O3/c1-4-28-22(27)24-16(11-14(2)3)13-23-21(26)15-9-10-20-18(12-15)17-7-5-6-8-19(17)25-20/h9-10,12,14,16,25H,4-8,11,13H2,1-3H3,(H,23,26)(H,24,27). The third kappa shape index (κ3) is 4.86. The minimum atomic E-state index is -0.442. The van der Waals surface area contributed by atoms with Crippen LogP contribution in [0.15, 0.2) is 18.2 Å². The maximum atomic E-state index is 12.7.